The summed E-state index contributed by atoms with van der Waals surface area (Å²) in [6.45, 7) is 2.09. The Kier molecular flexibility index (Phi) is 5.06. The number of anilines is 1. The van der Waals surface area contributed by atoms with Crippen molar-refractivity contribution in [3.05, 3.63) is 57.1 Å². The molecule has 1 N–H and O–H groups in total. The molecule has 0 heterocycles. The van der Waals surface area contributed by atoms with Crippen LogP contribution in [-0.4, -0.2) is 24.5 Å². The predicted molar refractivity (Wildman–Crippen MR) is 97.2 cm³/mol. The zero-order valence-electron chi connectivity index (χ0n) is 14.7. The minimum Gasteiger partial charge on any atom is -0.493 e. The molecule has 1 aliphatic carbocycles. The van der Waals surface area contributed by atoms with Crippen LogP contribution in [0.3, 0.4) is 0 Å². The lowest BCUT2D eigenvalue weighted by molar-refractivity contribution is -0.385. The second kappa shape index (κ2) is 7.43. The maximum Gasteiger partial charge on any atom is 0.286 e. The Morgan fingerprint density at radius 1 is 1.19 bits per heavy atom. The van der Waals surface area contributed by atoms with Crippen molar-refractivity contribution in [3.63, 3.8) is 0 Å². The highest BCUT2D eigenvalue weighted by molar-refractivity contribution is 6.07. The summed E-state index contributed by atoms with van der Waals surface area (Å²) in [5.74, 6) is -0.0525. The zero-order chi connectivity index (χ0) is 18.7. The fourth-order valence-corrected chi connectivity index (χ4v) is 3.16. The highest BCUT2D eigenvalue weighted by Crippen LogP contribution is 2.35. The largest absolute Gasteiger partial charge is 0.493 e. The second-order valence-electron chi connectivity index (χ2n) is 6.00. The van der Waals surface area contributed by atoms with Gasteiger partial charge < -0.3 is 14.8 Å². The predicted octanol–water partition coefficient (Wildman–Crippen LogP) is 3.74. The Morgan fingerprint density at radius 2 is 1.96 bits per heavy atom. The molecule has 0 bridgehead atoms. The summed E-state index contributed by atoms with van der Waals surface area (Å²) in [6.07, 6.45) is 3.13. The minimum absolute atomic E-state index is 0.0733. The molecule has 26 heavy (non-hydrogen) atoms. The third-order valence-electron chi connectivity index (χ3n) is 4.38. The SMILES string of the molecule is CCOc1cc([N+](=O)[O-])c(C(=O)Nc2ccc3c(c2)CCC3)cc1OC. The number of benzene rings is 2. The van der Waals surface area contributed by atoms with Crippen molar-refractivity contribution in [1.29, 1.82) is 0 Å². The number of ether oxygens (including phenoxy) is 2. The van der Waals surface area contributed by atoms with Gasteiger partial charge in [-0.25, -0.2) is 0 Å². The van der Waals surface area contributed by atoms with Crippen LogP contribution in [0, 0.1) is 10.1 Å². The highest BCUT2D eigenvalue weighted by atomic mass is 16.6. The Labute approximate surface area is 151 Å². The van der Waals surface area contributed by atoms with Gasteiger partial charge in [0.15, 0.2) is 11.5 Å². The zero-order valence-corrected chi connectivity index (χ0v) is 14.7. The fraction of sp³-hybridized carbons (Fsp3) is 0.316. The van der Waals surface area contributed by atoms with Crippen LogP contribution in [0.15, 0.2) is 30.3 Å². The van der Waals surface area contributed by atoms with Gasteiger partial charge in [0.25, 0.3) is 11.6 Å². The number of fused-ring (bicyclic) bond motifs is 1. The van der Waals surface area contributed by atoms with Crippen molar-refractivity contribution >= 4 is 17.3 Å². The number of nitrogens with zero attached hydrogens (tertiary/aromatic N) is 1. The van der Waals surface area contributed by atoms with E-state index in [4.69, 9.17) is 9.47 Å². The average Bonchev–Trinajstić information content (AvgIpc) is 3.09. The molecule has 7 heteroatoms. The molecule has 136 valence electrons. The summed E-state index contributed by atoms with van der Waals surface area (Å²) in [5, 5.41) is 14.2. The molecule has 0 saturated carbocycles. The number of rotatable bonds is 6. The number of nitro groups is 1. The lowest BCUT2D eigenvalue weighted by Gasteiger charge is -2.12. The van der Waals surface area contributed by atoms with Crippen molar-refractivity contribution in [3.8, 4) is 11.5 Å². The van der Waals surface area contributed by atoms with Crippen molar-refractivity contribution in [2.45, 2.75) is 26.2 Å². The number of carbonyl (C=O) groups is 1. The van der Waals surface area contributed by atoms with E-state index in [9.17, 15) is 14.9 Å². The van der Waals surface area contributed by atoms with Crippen LogP contribution in [0.4, 0.5) is 11.4 Å². The molecule has 1 amide bonds. The molecule has 2 aromatic carbocycles. The van der Waals surface area contributed by atoms with Gasteiger partial charge in [-0.05, 0) is 49.4 Å². The summed E-state index contributed by atoms with van der Waals surface area (Å²) in [7, 11) is 1.42. The van der Waals surface area contributed by atoms with E-state index in [2.05, 4.69) is 5.32 Å². The molecule has 0 unspecified atom stereocenters. The third-order valence-corrected chi connectivity index (χ3v) is 4.38. The van der Waals surface area contributed by atoms with E-state index >= 15 is 0 Å². The summed E-state index contributed by atoms with van der Waals surface area (Å²) in [6, 6.07) is 8.30. The van der Waals surface area contributed by atoms with E-state index in [-0.39, 0.29) is 22.7 Å². The van der Waals surface area contributed by atoms with Crippen LogP contribution in [0.25, 0.3) is 0 Å². The minimum atomic E-state index is -0.598. The smallest absolute Gasteiger partial charge is 0.286 e. The summed E-state index contributed by atoms with van der Waals surface area (Å²) >= 11 is 0. The molecule has 0 spiro atoms. The molecule has 0 atom stereocenters. The number of nitro benzene ring substituents is 1. The first-order valence-corrected chi connectivity index (χ1v) is 8.45. The molecule has 0 radical (unpaired) electrons. The Bertz CT molecular complexity index is 863. The van der Waals surface area contributed by atoms with Crippen LogP contribution < -0.4 is 14.8 Å². The van der Waals surface area contributed by atoms with Crippen LogP contribution in [-0.2, 0) is 12.8 Å². The van der Waals surface area contributed by atoms with Gasteiger partial charge in [0.05, 0.1) is 24.7 Å². The van der Waals surface area contributed by atoms with E-state index in [1.54, 1.807) is 6.92 Å². The molecule has 1 aliphatic rings. The maximum atomic E-state index is 12.7. The number of hydrogen-bond acceptors (Lipinski definition) is 5. The maximum absolute atomic E-state index is 12.7. The van der Waals surface area contributed by atoms with Crippen molar-refractivity contribution in [1.82, 2.24) is 0 Å². The molecular weight excluding hydrogens is 336 g/mol. The Hall–Kier alpha value is -3.09. The van der Waals surface area contributed by atoms with E-state index in [1.807, 2.05) is 18.2 Å². The standard InChI is InChI=1S/C19H20N2O5/c1-3-26-18-11-16(21(23)24)15(10-17(18)25-2)19(22)20-14-8-7-12-5-4-6-13(12)9-14/h7-11H,3-6H2,1-2H3,(H,20,22). The van der Waals surface area contributed by atoms with E-state index < -0.39 is 10.8 Å². The van der Waals surface area contributed by atoms with Gasteiger partial charge in [0.1, 0.15) is 5.56 Å². The van der Waals surface area contributed by atoms with E-state index in [0.717, 1.165) is 19.3 Å². The van der Waals surface area contributed by atoms with E-state index in [0.29, 0.717) is 12.3 Å². The number of carbonyl (C=O) groups excluding carboxylic acids is 1. The highest BCUT2D eigenvalue weighted by Gasteiger charge is 2.25. The second-order valence-corrected chi connectivity index (χ2v) is 6.00. The molecule has 0 aliphatic heterocycles. The van der Waals surface area contributed by atoms with Crippen molar-refractivity contribution < 1.29 is 19.2 Å². The summed E-state index contributed by atoms with van der Waals surface area (Å²) in [5.41, 5.74) is 2.72. The Morgan fingerprint density at radius 3 is 2.65 bits per heavy atom. The number of aryl methyl sites for hydroxylation is 2. The van der Waals surface area contributed by atoms with E-state index in [1.165, 1.54) is 30.4 Å². The topological polar surface area (TPSA) is 90.7 Å². The summed E-state index contributed by atoms with van der Waals surface area (Å²) in [4.78, 5) is 23.5. The first kappa shape index (κ1) is 17.7. The lowest BCUT2D eigenvalue weighted by Crippen LogP contribution is -2.15. The van der Waals surface area contributed by atoms with Crippen LogP contribution in [0.1, 0.15) is 34.8 Å². The number of nitrogens with one attached hydrogen (secondary N) is 1. The number of methoxy groups -OCH3 is 1. The van der Waals surface area contributed by atoms with Crippen LogP contribution >= 0.6 is 0 Å². The monoisotopic (exact) mass is 356 g/mol. The number of amides is 1. The number of hydrogen-bond donors (Lipinski definition) is 1. The fourth-order valence-electron chi connectivity index (χ4n) is 3.16. The molecule has 0 aromatic heterocycles. The quantitative estimate of drug-likeness (QED) is 0.629. The molecule has 3 rings (SSSR count). The van der Waals surface area contributed by atoms with Crippen molar-refractivity contribution in [2.75, 3.05) is 19.0 Å². The Balaban J connectivity index is 1.93. The van der Waals surface area contributed by atoms with Gasteiger partial charge in [0, 0.05) is 11.8 Å². The van der Waals surface area contributed by atoms with Gasteiger partial charge in [-0.1, -0.05) is 6.07 Å². The average molecular weight is 356 g/mol. The molecule has 7 nitrogen and oxygen atoms in total. The van der Waals surface area contributed by atoms with Gasteiger partial charge >= 0.3 is 0 Å². The molecular formula is C19H20N2O5. The molecule has 0 fully saturated rings. The first-order chi connectivity index (χ1) is 12.5. The van der Waals surface area contributed by atoms with Gasteiger partial charge in [0.2, 0.25) is 0 Å². The van der Waals surface area contributed by atoms with Crippen LogP contribution in [0.5, 0.6) is 11.5 Å². The van der Waals surface area contributed by atoms with Crippen molar-refractivity contribution in [2.24, 2.45) is 0 Å². The lowest BCUT2D eigenvalue weighted by atomic mass is 10.1. The van der Waals surface area contributed by atoms with Gasteiger partial charge in [-0.3, -0.25) is 14.9 Å². The first-order valence-electron chi connectivity index (χ1n) is 8.45. The normalized spacial score (nSPS) is 12.4. The van der Waals surface area contributed by atoms with Gasteiger partial charge in [-0.15, -0.1) is 0 Å². The summed E-state index contributed by atoms with van der Waals surface area (Å²) < 4.78 is 10.6. The van der Waals surface area contributed by atoms with Gasteiger partial charge in [-0.2, -0.15) is 0 Å². The third kappa shape index (κ3) is 3.46. The molecule has 2 aromatic rings. The molecule has 0 saturated heterocycles. The van der Waals surface area contributed by atoms with Crippen LogP contribution in [0.2, 0.25) is 0 Å².